The highest BCUT2D eigenvalue weighted by molar-refractivity contribution is 8.13. The van der Waals surface area contributed by atoms with Crippen LogP contribution in [0.25, 0.3) is 0 Å². The molecule has 0 bridgehead atoms. The van der Waals surface area contributed by atoms with E-state index in [9.17, 15) is 4.39 Å². The summed E-state index contributed by atoms with van der Waals surface area (Å²) in [5.74, 6) is 1.73. The third-order valence-corrected chi connectivity index (χ3v) is 6.67. The van der Waals surface area contributed by atoms with Crippen LogP contribution in [0, 0.1) is 11.7 Å². The summed E-state index contributed by atoms with van der Waals surface area (Å²) in [7, 11) is 0. The largest absolute Gasteiger partial charge is 0.454 e. The Bertz CT molecular complexity index is 954. The molecule has 0 N–H and O–H groups in total. The van der Waals surface area contributed by atoms with Crippen molar-refractivity contribution >= 4 is 34.2 Å². The molecule has 27 heavy (non-hydrogen) atoms. The van der Waals surface area contributed by atoms with Gasteiger partial charge in [-0.2, -0.15) is 0 Å². The second-order valence-corrected chi connectivity index (χ2v) is 8.38. The Labute approximate surface area is 166 Å². The van der Waals surface area contributed by atoms with Gasteiger partial charge >= 0.3 is 0 Å². The number of piperidine rings is 1. The number of hydrogen-bond acceptors (Lipinski definition) is 4. The van der Waals surface area contributed by atoms with Gasteiger partial charge in [0.1, 0.15) is 5.82 Å². The number of ether oxygens (including phenoxy) is 2. The Kier molecular flexibility index (Phi) is 4.02. The maximum Gasteiger partial charge on any atom is 0.231 e. The highest BCUT2D eigenvalue weighted by Crippen LogP contribution is 2.60. The van der Waals surface area contributed by atoms with Gasteiger partial charge in [-0.25, -0.2) is 9.38 Å². The number of fused-ring (bicyclic) bond motifs is 2. The highest BCUT2D eigenvalue weighted by Gasteiger charge is 2.61. The molecule has 2 heterocycles. The summed E-state index contributed by atoms with van der Waals surface area (Å²) in [5, 5.41) is 1.50. The first-order valence-corrected chi connectivity index (χ1v) is 10.4. The topological polar surface area (TPSA) is 34.1 Å². The van der Waals surface area contributed by atoms with Gasteiger partial charge in [-0.05, 0) is 48.4 Å². The molecule has 0 radical (unpaired) electrons. The van der Waals surface area contributed by atoms with E-state index in [1.54, 1.807) is 11.8 Å². The van der Waals surface area contributed by atoms with Crippen LogP contribution in [-0.2, 0) is 5.41 Å². The molecule has 1 saturated heterocycles. The zero-order valence-electron chi connectivity index (χ0n) is 14.7. The molecule has 3 aliphatic rings. The zero-order chi connectivity index (χ0) is 18.6. The molecule has 1 saturated carbocycles. The van der Waals surface area contributed by atoms with Crippen molar-refractivity contribution in [1.29, 1.82) is 0 Å². The van der Waals surface area contributed by atoms with Crippen LogP contribution in [0.5, 0.6) is 11.5 Å². The molecular weight excluding hydrogens is 387 g/mol. The molecule has 2 aliphatic heterocycles. The van der Waals surface area contributed by atoms with Crippen LogP contribution < -0.4 is 9.47 Å². The minimum Gasteiger partial charge on any atom is -0.454 e. The van der Waals surface area contributed by atoms with Gasteiger partial charge in [0, 0.05) is 29.6 Å². The van der Waals surface area contributed by atoms with Crippen LogP contribution in [0.15, 0.2) is 41.4 Å². The third-order valence-electron chi connectivity index (χ3n) is 5.65. The number of benzene rings is 2. The first-order chi connectivity index (χ1) is 13.1. The van der Waals surface area contributed by atoms with Gasteiger partial charge in [-0.3, -0.25) is 0 Å². The van der Waals surface area contributed by atoms with E-state index in [0.717, 1.165) is 47.4 Å². The zero-order valence-corrected chi connectivity index (χ0v) is 16.3. The van der Waals surface area contributed by atoms with Crippen molar-refractivity contribution in [2.45, 2.75) is 11.8 Å². The van der Waals surface area contributed by atoms with Crippen LogP contribution in [0.4, 0.5) is 10.1 Å². The Morgan fingerprint density at radius 2 is 2.11 bits per heavy atom. The average molecular weight is 405 g/mol. The first kappa shape index (κ1) is 17.2. The third kappa shape index (κ3) is 2.86. The fourth-order valence-electron chi connectivity index (χ4n) is 4.25. The smallest absolute Gasteiger partial charge is 0.231 e. The molecule has 0 unspecified atom stereocenters. The number of likely N-dealkylation sites (tertiary alicyclic amines) is 1. The van der Waals surface area contributed by atoms with Gasteiger partial charge in [0.15, 0.2) is 16.7 Å². The molecule has 0 spiro atoms. The number of rotatable bonds is 2. The predicted octanol–water partition coefficient (Wildman–Crippen LogP) is 4.83. The summed E-state index contributed by atoms with van der Waals surface area (Å²) in [6.45, 7) is 2.05. The number of amidine groups is 1. The summed E-state index contributed by atoms with van der Waals surface area (Å²) in [6, 6.07) is 10.5. The summed E-state index contributed by atoms with van der Waals surface area (Å²) in [5.41, 5.74) is 1.93. The number of nitrogens with zero attached hydrogens (tertiary/aromatic N) is 2. The lowest BCUT2D eigenvalue weighted by atomic mass is 9.95. The Morgan fingerprint density at radius 1 is 1.26 bits per heavy atom. The van der Waals surface area contributed by atoms with E-state index in [1.165, 1.54) is 12.1 Å². The highest BCUT2D eigenvalue weighted by atomic mass is 35.5. The molecular formula is C20H18ClFN2O2S. The van der Waals surface area contributed by atoms with Crippen LogP contribution in [0.2, 0.25) is 5.02 Å². The Morgan fingerprint density at radius 3 is 2.93 bits per heavy atom. The number of halogens is 2. The average Bonchev–Trinajstić information content (AvgIpc) is 3.01. The van der Waals surface area contributed by atoms with Crippen molar-refractivity contribution in [2.24, 2.45) is 10.9 Å². The molecule has 2 aromatic rings. The van der Waals surface area contributed by atoms with E-state index >= 15 is 0 Å². The minimum absolute atomic E-state index is 0.0240. The number of aliphatic imine (C=N–C) groups is 1. The van der Waals surface area contributed by atoms with Gasteiger partial charge in [0.25, 0.3) is 0 Å². The fourth-order valence-corrected chi connectivity index (χ4v) is 5.20. The van der Waals surface area contributed by atoms with Crippen molar-refractivity contribution in [3.05, 3.63) is 52.8 Å². The van der Waals surface area contributed by atoms with Gasteiger partial charge in [0.05, 0.1) is 5.69 Å². The molecule has 2 fully saturated rings. The number of hydrogen-bond donors (Lipinski definition) is 0. The lowest BCUT2D eigenvalue weighted by Gasteiger charge is -2.24. The summed E-state index contributed by atoms with van der Waals surface area (Å²) in [6.07, 6.45) is 3.13. The fraction of sp³-hybridized carbons (Fsp3) is 0.350. The molecule has 4 nitrogen and oxygen atoms in total. The van der Waals surface area contributed by atoms with E-state index in [1.807, 2.05) is 30.5 Å². The molecule has 0 amide bonds. The van der Waals surface area contributed by atoms with Crippen LogP contribution in [0.1, 0.15) is 12.0 Å². The standard InChI is InChI=1S/C20H18ClFN2O2S/c1-27-19(23-14-3-5-17-18(7-14)26-11-25-17)24-9-12-8-20(12,10-24)15-4-2-13(22)6-16(15)21/h2-7,12H,8-11H2,1H3/b23-19+/t12-,20-/m0/s1. The van der Waals surface area contributed by atoms with Crippen molar-refractivity contribution in [3.63, 3.8) is 0 Å². The molecule has 7 heteroatoms. The van der Waals surface area contributed by atoms with Crippen molar-refractivity contribution in [1.82, 2.24) is 4.90 Å². The van der Waals surface area contributed by atoms with E-state index < -0.39 is 0 Å². The molecule has 2 atom stereocenters. The van der Waals surface area contributed by atoms with Crippen LogP contribution in [0.3, 0.4) is 0 Å². The molecule has 1 aliphatic carbocycles. The van der Waals surface area contributed by atoms with Crippen LogP contribution >= 0.6 is 23.4 Å². The van der Waals surface area contributed by atoms with Crippen molar-refractivity contribution in [3.8, 4) is 11.5 Å². The van der Waals surface area contributed by atoms with Gasteiger partial charge in [0.2, 0.25) is 6.79 Å². The van der Waals surface area contributed by atoms with Crippen molar-refractivity contribution in [2.75, 3.05) is 26.1 Å². The minimum atomic E-state index is -0.290. The van der Waals surface area contributed by atoms with E-state index in [2.05, 4.69) is 4.90 Å². The summed E-state index contributed by atoms with van der Waals surface area (Å²) >= 11 is 7.98. The summed E-state index contributed by atoms with van der Waals surface area (Å²) < 4.78 is 24.2. The van der Waals surface area contributed by atoms with Gasteiger partial charge in [-0.15, -0.1) is 0 Å². The monoisotopic (exact) mass is 404 g/mol. The van der Waals surface area contributed by atoms with Gasteiger partial charge < -0.3 is 14.4 Å². The Hall–Kier alpha value is -1.92. The molecule has 5 rings (SSSR count). The Balaban J connectivity index is 1.40. The van der Waals surface area contributed by atoms with Crippen molar-refractivity contribution < 1.29 is 13.9 Å². The lowest BCUT2D eigenvalue weighted by Crippen LogP contribution is -2.30. The van der Waals surface area contributed by atoms with Crippen LogP contribution in [-0.4, -0.2) is 36.2 Å². The first-order valence-electron chi connectivity index (χ1n) is 8.82. The quantitative estimate of drug-likeness (QED) is 0.530. The molecule has 2 aromatic carbocycles. The maximum absolute atomic E-state index is 13.4. The second-order valence-electron chi connectivity index (χ2n) is 7.20. The SMILES string of the molecule is CS/C(=N/c1ccc2c(c1)OCO2)N1C[C@@H]2C[C@]2(c2ccc(F)cc2Cl)C1. The molecule has 0 aromatic heterocycles. The summed E-state index contributed by atoms with van der Waals surface area (Å²) in [4.78, 5) is 7.14. The van der Waals surface area contributed by atoms with E-state index in [0.29, 0.717) is 10.9 Å². The maximum atomic E-state index is 13.4. The normalized spacial score (nSPS) is 25.7. The van der Waals surface area contributed by atoms with E-state index in [-0.39, 0.29) is 18.0 Å². The molecule has 140 valence electrons. The van der Waals surface area contributed by atoms with E-state index in [4.69, 9.17) is 26.1 Å². The lowest BCUT2D eigenvalue weighted by molar-refractivity contribution is 0.174. The predicted molar refractivity (Wildman–Crippen MR) is 106 cm³/mol. The second kappa shape index (κ2) is 6.31. The van der Waals surface area contributed by atoms with Gasteiger partial charge in [-0.1, -0.05) is 29.4 Å². The number of thioether (sulfide) groups is 1.